The zero-order chi connectivity index (χ0) is 9.80. The summed E-state index contributed by atoms with van der Waals surface area (Å²) in [5.74, 6) is 0. The number of rotatable bonds is 3. The lowest BCUT2D eigenvalue weighted by Crippen LogP contribution is -2.18. The smallest absolute Gasteiger partial charge is 0.0471 e. The second-order valence-corrected chi connectivity index (χ2v) is 3.52. The summed E-state index contributed by atoms with van der Waals surface area (Å²) >= 11 is 0. The Bertz CT molecular complexity index is 308. The van der Waals surface area contributed by atoms with Crippen LogP contribution in [-0.2, 0) is 6.42 Å². The van der Waals surface area contributed by atoms with E-state index < -0.39 is 0 Å². The standard InChI is InChI=1S/C12H15NO/c14-10-7-11-3-5-12(6-4-11)13-8-1-2-9-13/h1-6,14H,7-10H2. The molecule has 0 bridgehead atoms. The molecule has 0 atom stereocenters. The summed E-state index contributed by atoms with van der Waals surface area (Å²) in [5.41, 5.74) is 2.46. The third-order valence-electron chi connectivity index (χ3n) is 2.52. The number of hydrogen-bond donors (Lipinski definition) is 1. The first-order chi connectivity index (χ1) is 6.90. The molecule has 14 heavy (non-hydrogen) atoms. The van der Waals surface area contributed by atoms with E-state index in [0.29, 0.717) is 0 Å². The largest absolute Gasteiger partial charge is 0.396 e. The molecule has 1 N–H and O–H groups in total. The van der Waals surface area contributed by atoms with Gasteiger partial charge in [-0.05, 0) is 24.1 Å². The minimum atomic E-state index is 0.227. The van der Waals surface area contributed by atoms with Gasteiger partial charge in [0.05, 0.1) is 0 Å². The molecule has 0 saturated carbocycles. The highest BCUT2D eigenvalue weighted by atomic mass is 16.2. The van der Waals surface area contributed by atoms with Crippen LogP contribution in [0, 0.1) is 0 Å². The molecule has 0 aromatic heterocycles. The Kier molecular flexibility index (Phi) is 2.84. The molecule has 1 aliphatic rings. The second-order valence-electron chi connectivity index (χ2n) is 3.52. The summed E-state index contributed by atoms with van der Waals surface area (Å²) in [5, 5.41) is 8.78. The Morgan fingerprint density at radius 3 is 2.29 bits per heavy atom. The van der Waals surface area contributed by atoms with Crippen molar-refractivity contribution in [1.82, 2.24) is 0 Å². The Morgan fingerprint density at radius 2 is 1.71 bits per heavy atom. The average Bonchev–Trinajstić information content (AvgIpc) is 2.72. The van der Waals surface area contributed by atoms with Gasteiger partial charge in [-0.2, -0.15) is 0 Å². The van der Waals surface area contributed by atoms with E-state index in [-0.39, 0.29) is 6.61 Å². The van der Waals surface area contributed by atoms with Gasteiger partial charge in [-0.1, -0.05) is 24.3 Å². The molecule has 74 valence electrons. The molecule has 0 aliphatic carbocycles. The van der Waals surface area contributed by atoms with E-state index in [2.05, 4.69) is 41.3 Å². The van der Waals surface area contributed by atoms with Gasteiger partial charge in [0.25, 0.3) is 0 Å². The van der Waals surface area contributed by atoms with Crippen molar-refractivity contribution in [2.45, 2.75) is 6.42 Å². The number of nitrogens with zero attached hydrogens (tertiary/aromatic N) is 1. The number of benzene rings is 1. The summed E-state index contributed by atoms with van der Waals surface area (Å²) in [6.07, 6.45) is 5.11. The minimum absolute atomic E-state index is 0.227. The van der Waals surface area contributed by atoms with Crippen LogP contribution in [0.5, 0.6) is 0 Å². The van der Waals surface area contributed by atoms with Crippen LogP contribution >= 0.6 is 0 Å². The molecule has 1 aromatic rings. The van der Waals surface area contributed by atoms with E-state index in [0.717, 1.165) is 19.5 Å². The average molecular weight is 189 g/mol. The van der Waals surface area contributed by atoms with Gasteiger partial charge in [-0.25, -0.2) is 0 Å². The zero-order valence-electron chi connectivity index (χ0n) is 8.19. The van der Waals surface area contributed by atoms with Crippen molar-refractivity contribution in [3.8, 4) is 0 Å². The molecule has 0 fully saturated rings. The van der Waals surface area contributed by atoms with Crippen molar-refractivity contribution < 1.29 is 5.11 Å². The van der Waals surface area contributed by atoms with E-state index in [9.17, 15) is 0 Å². The molecule has 0 amide bonds. The summed E-state index contributed by atoms with van der Waals surface area (Å²) in [7, 11) is 0. The van der Waals surface area contributed by atoms with E-state index in [1.54, 1.807) is 0 Å². The van der Waals surface area contributed by atoms with Crippen LogP contribution in [0.25, 0.3) is 0 Å². The summed E-state index contributed by atoms with van der Waals surface area (Å²) < 4.78 is 0. The first-order valence-corrected chi connectivity index (χ1v) is 5.00. The van der Waals surface area contributed by atoms with Gasteiger partial charge in [0.15, 0.2) is 0 Å². The topological polar surface area (TPSA) is 23.5 Å². The minimum Gasteiger partial charge on any atom is -0.396 e. The predicted molar refractivity (Wildman–Crippen MR) is 58.6 cm³/mol. The van der Waals surface area contributed by atoms with Gasteiger partial charge in [0.2, 0.25) is 0 Å². The van der Waals surface area contributed by atoms with Crippen LogP contribution in [-0.4, -0.2) is 24.8 Å². The van der Waals surface area contributed by atoms with Gasteiger partial charge in [-0.15, -0.1) is 0 Å². The van der Waals surface area contributed by atoms with Crippen molar-refractivity contribution >= 4 is 5.69 Å². The highest BCUT2D eigenvalue weighted by Gasteiger charge is 2.06. The van der Waals surface area contributed by atoms with Crippen LogP contribution in [0.2, 0.25) is 0 Å². The molecule has 1 heterocycles. The fourth-order valence-electron chi connectivity index (χ4n) is 1.69. The van der Waals surface area contributed by atoms with Gasteiger partial charge in [-0.3, -0.25) is 0 Å². The molecule has 0 saturated heterocycles. The molecular formula is C12H15NO. The molecular weight excluding hydrogens is 174 g/mol. The van der Waals surface area contributed by atoms with Crippen LogP contribution in [0.3, 0.4) is 0 Å². The first kappa shape index (κ1) is 9.28. The van der Waals surface area contributed by atoms with Crippen LogP contribution in [0.1, 0.15) is 5.56 Å². The summed E-state index contributed by atoms with van der Waals surface area (Å²) in [6, 6.07) is 8.42. The molecule has 2 heteroatoms. The fourth-order valence-corrected chi connectivity index (χ4v) is 1.69. The maximum Gasteiger partial charge on any atom is 0.0471 e. The highest BCUT2D eigenvalue weighted by molar-refractivity contribution is 5.50. The van der Waals surface area contributed by atoms with Gasteiger partial charge < -0.3 is 10.0 Å². The number of anilines is 1. The van der Waals surface area contributed by atoms with Crippen LogP contribution < -0.4 is 4.90 Å². The normalized spacial score (nSPS) is 15.1. The molecule has 2 rings (SSSR count). The van der Waals surface area contributed by atoms with E-state index in [1.165, 1.54) is 11.3 Å². The lowest BCUT2D eigenvalue weighted by molar-refractivity contribution is 0.299. The maximum absolute atomic E-state index is 8.78. The lowest BCUT2D eigenvalue weighted by Gasteiger charge is -2.17. The fraction of sp³-hybridized carbons (Fsp3) is 0.333. The van der Waals surface area contributed by atoms with Gasteiger partial charge in [0.1, 0.15) is 0 Å². The number of aliphatic hydroxyl groups is 1. The number of aliphatic hydroxyl groups excluding tert-OH is 1. The Hall–Kier alpha value is -1.28. The third-order valence-corrected chi connectivity index (χ3v) is 2.52. The summed E-state index contributed by atoms with van der Waals surface area (Å²) in [4.78, 5) is 2.31. The third kappa shape index (κ3) is 1.96. The molecule has 2 nitrogen and oxygen atoms in total. The van der Waals surface area contributed by atoms with Crippen molar-refractivity contribution in [2.75, 3.05) is 24.6 Å². The highest BCUT2D eigenvalue weighted by Crippen LogP contribution is 2.17. The maximum atomic E-state index is 8.78. The van der Waals surface area contributed by atoms with Crippen molar-refractivity contribution in [2.24, 2.45) is 0 Å². The lowest BCUT2D eigenvalue weighted by atomic mass is 10.1. The van der Waals surface area contributed by atoms with E-state index >= 15 is 0 Å². The van der Waals surface area contributed by atoms with Crippen LogP contribution in [0.4, 0.5) is 5.69 Å². The Balaban J connectivity index is 2.05. The SMILES string of the molecule is OCCc1ccc(N2CC=CC2)cc1. The molecule has 0 radical (unpaired) electrons. The quantitative estimate of drug-likeness (QED) is 0.730. The van der Waals surface area contributed by atoms with E-state index in [4.69, 9.17) is 5.11 Å². The van der Waals surface area contributed by atoms with Crippen LogP contribution in [0.15, 0.2) is 36.4 Å². The molecule has 0 unspecified atom stereocenters. The van der Waals surface area contributed by atoms with Crippen molar-refractivity contribution in [3.63, 3.8) is 0 Å². The monoisotopic (exact) mass is 189 g/mol. The Morgan fingerprint density at radius 1 is 1.07 bits per heavy atom. The number of hydrogen-bond acceptors (Lipinski definition) is 2. The van der Waals surface area contributed by atoms with E-state index in [1.807, 2.05) is 0 Å². The van der Waals surface area contributed by atoms with Gasteiger partial charge in [0, 0.05) is 25.4 Å². The second kappa shape index (κ2) is 4.29. The van der Waals surface area contributed by atoms with Crippen molar-refractivity contribution in [3.05, 3.63) is 42.0 Å². The zero-order valence-corrected chi connectivity index (χ0v) is 8.19. The first-order valence-electron chi connectivity index (χ1n) is 5.00. The molecule has 1 aromatic carbocycles. The predicted octanol–water partition coefficient (Wildman–Crippen LogP) is 1.60. The molecule has 1 aliphatic heterocycles. The summed E-state index contributed by atoms with van der Waals surface area (Å²) in [6.45, 7) is 2.25. The molecule has 0 spiro atoms. The Labute approximate surface area is 84.5 Å². The van der Waals surface area contributed by atoms with Crippen molar-refractivity contribution in [1.29, 1.82) is 0 Å². The van der Waals surface area contributed by atoms with Gasteiger partial charge >= 0.3 is 0 Å².